The van der Waals surface area contributed by atoms with E-state index >= 15 is 0 Å². The average Bonchev–Trinajstić information content (AvgIpc) is 2.34. The van der Waals surface area contributed by atoms with Gasteiger partial charge in [-0.1, -0.05) is 44.2 Å². The number of nitrogens with one attached hydrogen (secondary N) is 1. The Morgan fingerprint density at radius 2 is 1.75 bits per heavy atom. The molecule has 0 spiro atoms. The van der Waals surface area contributed by atoms with Gasteiger partial charge in [0.1, 0.15) is 0 Å². The van der Waals surface area contributed by atoms with Crippen LogP contribution in [0.4, 0.5) is 13.2 Å². The van der Waals surface area contributed by atoms with Gasteiger partial charge in [-0.05, 0) is 17.4 Å². The molecule has 0 heterocycles. The zero-order valence-corrected chi connectivity index (χ0v) is 11.9. The van der Waals surface area contributed by atoms with Gasteiger partial charge >= 0.3 is 6.18 Å². The van der Waals surface area contributed by atoms with Crippen LogP contribution in [0.1, 0.15) is 38.3 Å². The molecule has 1 aromatic carbocycles. The summed E-state index contributed by atoms with van der Waals surface area (Å²) in [5.74, 6) is 0. The van der Waals surface area contributed by atoms with Crippen LogP contribution in [-0.2, 0) is 0 Å². The molecule has 2 nitrogen and oxygen atoms in total. The third-order valence-corrected chi connectivity index (χ3v) is 3.25. The van der Waals surface area contributed by atoms with Crippen LogP contribution >= 0.6 is 0 Å². The SMILES string of the molecule is CC(C)(CCO)CNC(CC(F)(F)F)c1ccccc1. The molecule has 0 saturated heterocycles. The van der Waals surface area contributed by atoms with Crippen molar-refractivity contribution in [3.63, 3.8) is 0 Å². The molecule has 0 saturated carbocycles. The van der Waals surface area contributed by atoms with E-state index in [0.717, 1.165) is 0 Å². The monoisotopic (exact) mass is 289 g/mol. The van der Waals surface area contributed by atoms with Gasteiger partial charge in [-0.3, -0.25) is 0 Å². The second kappa shape index (κ2) is 7.09. The Labute approximate surface area is 118 Å². The summed E-state index contributed by atoms with van der Waals surface area (Å²) >= 11 is 0. The lowest BCUT2D eigenvalue weighted by Gasteiger charge is -2.28. The number of hydrogen-bond acceptors (Lipinski definition) is 2. The van der Waals surface area contributed by atoms with Crippen molar-refractivity contribution < 1.29 is 18.3 Å². The molecule has 114 valence electrons. The molecular weight excluding hydrogens is 267 g/mol. The van der Waals surface area contributed by atoms with E-state index < -0.39 is 18.6 Å². The number of alkyl halides is 3. The lowest BCUT2D eigenvalue weighted by molar-refractivity contribution is -0.140. The Kier molecular flexibility index (Phi) is 6.02. The first-order valence-electron chi connectivity index (χ1n) is 6.69. The topological polar surface area (TPSA) is 32.3 Å². The Morgan fingerprint density at radius 1 is 1.15 bits per heavy atom. The lowest BCUT2D eigenvalue weighted by Crippen LogP contribution is -2.35. The summed E-state index contributed by atoms with van der Waals surface area (Å²) in [6.45, 7) is 4.30. The first-order chi connectivity index (χ1) is 9.23. The van der Waals surface area contributed by atoms with E-state index in [-0.39, 0.29) is 12.0 Å². The van der Waals surface area contributed by atoms with Crippen LogP contribution in [-0.4, -0.2) is 24.4 Å². The van der Waals surface area contributed by atoms with Crippen molar-refractivity contribution in [2.45, 2.75) is 38.9 Å². The largest absolute Gasteiger partial charge is 0.396 e. The Bertz CT molecular complexity index is 390. The van der Waals surface area contributed by atoms with E-state index in [4.69, 9.17) is 5.11 Å². The van der Waals surface area contributed by atoms with E-state index in [1.54, 1.807) is 30.3 Å². The fourth-order valence-corrected chi connectivity index (χ4v) is 2.02. The smallest absolute Gasteiger partial charge is 0.390 e. The average molecular weight is 289 g/mol. The highest BCUT2D eigenvalue weighted by Crippen LogP contribution is 2.30. The van der Waals surface area contributed by atoms with Crippen molar-refractivity contribution in [2.24, 2.45) is 5.41 Å². The van der Waals surface area contributed by atoms with Gasteiger partial charge < -0.3 is 10.4 Å². The Morgan fingerprint density at radius 3 is 2.25 bits per heavy atom. The standard InChI is InChI=1S/C15H22F3NO/c1-14(2,8-9-20)11-19-13(10-15(16,17)18)12-6-4-3-5-7-12/h3-7,13,19-20H,8-11H2,1-2H3. The summed E-state index contributed by atoms with van der Waals surface area (Å²) in [5, 5.41) is 11.9. The van der Waals surface area contributed by atoms with Crippen LogP contribution in [0.2, 0.25) is 0 Å². The van der Waals surface area contributed by atoms with E-state index in [0.29, 0.717) is 18.5 Å². The minimum atomic E-state index is -4.21. The van der Waals surface area contributed by atoms with Crippen LogP contribution in [0, 0.1) is 5.41 Å². The molecule has 0 aliphatic carbocycles. The van der Waals surface area contributed by atoms with Crippen molar-refractivity contribution in [1.29, 1.82) is 0 Å². The van der Waals surface area contributed by atoms with E-state index in [9.17, 15) is 13.2 Å². The molecule has 2 N–H and O–H groups in total. The second-order valence-electron chi connectivity index (χ2n) is 5.80. The molecule has 5 heteroatoms. The fraction of sp³-hybridized carbons (Fsp3) is 0.600. The van der Waals surface area contributed by atoms with Gasteiger partial charge in [0.2, 0.25) is 0 Å². The normalized spacial score (nSPS) is 14.3. The van der Waals surface area contributed by atoms with Crippen molar-refractivity contribution in [1.82, 2.24) is 5.32 Å². The third kappa shape index (κ3) is 6.39. The highest BCUT2D eigenvalue weighted by molar-refractivity contribution is 5.19. The highest BCUT2D eigenvalue weighted by atomic mass is 19.4. The highest BCUT2D eigenvalue weighted by Gasteiger charge is 2.33. The molecule has 0 fully saturated rings. The van der Waals surface area contributed by atoms with E-state index in [1.165, 1.54) is 0 Å². The molecule has 20 heavy (non-hydrogen) atoms. The molecule has 1 unspecified atom stereocenters. The predicted octanol–water partition coefficient (Wildman–Crippen LogP) is 3.68. The summed E-state index contributed by atoms with van der Waals surface area (Å²) in [4.78, 5) is 0. The van der Waals surface area contributed by atoms with Gasteiger partial charge in [-0.15, -0.1) is 0 Å². The molecule has 0 aromatic heterocycles. The number of aliphatic hydroxyl groups is 1. The van der Waals surface area contributed by atoms with Crippen LogP contribution in [0.25, 0.3) is 0 Å². The molecule has 1 aromatic rings. The second-order valence-corrected chi connectivity index (χ2v) is 5.80. The molecular formula is C15H22F3NO. The Hall–Kier alpha value is -1.07. The number of rotatable bonds is 7. The molecule has 1 atom stereocenters. The van der Waals surface area contributed by atoms with Crippen LogP contribution in [0.15, 0.2) is 30.3 Å². The van der Waals surface area contributed by atoms with Crippen LogP contribution < -0.4 is 5.32 Å². The number of hydrogen-bond donors (Lipinski definition) is 2. The lowest BCUT2D eigenvalue weighted by atomic mass is 9.89. The van der Waals surface area contributed by atoms with Crippen LogP contribution in [0.5, 0.6) is 0 Å². The minimum Gasteiger partial charge on any atom is -0.396 e. The molecule has 0 aliphatic rings. The quantitative estimate of drug-likeness (QED) is 0.802. The van der Waals surface area contributed by atoms with E-state index in [1.807, 2.05) is 13.8 Å². The molecule has 0 aliphatic heterocycles. The van der Waals surface area contributed by atoms with Crippen molar-refractivity contribution in [3.8, 4) is 0 Å². The van der Waals surface area contributed by atoms with Crippen molar-refractivity contribution >= 4 is 0 Å². The van der Waals surface area contributed by atoms with Gasteiger partial charge in [-0.25, -0.2) is 0 Å². The van der Waals surface area contributed by atoms with E-state index in [2.05, 4.69) is 5.32 Å². The summed E-state index contributed by atoms with van der Waals surface area (Å²) in [6, 6.07) is 7.89. The summed E-state index contributed by atoms with van der Waals surface area (Å²) in [5.41, 5.74) is 0.387. The summed E-state index contributed by atoms with van der Waals surface area (Å²) in [6.07, 6.45) is -4.56. The first kappa shape index (κ1) is 17.0. The maximum Gasteiger partial charge on any atom is 0.390 e. The predicted molar refractivity (Wildman–Crippen MR) is 73.3 cm³/mol. The third-order valence-electron chi connectivity index (χ3n) is 3.25. The maximum atomic E-state index is 12.7. The van der Waals surface area contributed by atoms with Crippen molar-refractivity contribution in [2.75, 3.05) is 13.2 Å². The van der Waals surface area contributed by atoms with Gasteiger partial charge in [-0.2, -0.15) is 13.2 Å². The first-order valence-corrected chi connectivity index (χ1v) is 6.69. The summed E-state index contributed by atoms with van der Waals surface area (Å²) < 4.78 is 38.0. The zero-order chi connectivity index (χ0) is 15.2. The number of halogens is 3. The number of benzene rings is 1. The van der Waals surface area contributed by atoms with Gasteiger partial charge in [0.05, 0.1) is 6.42 Å². The van der Waals surface area contributed by atoms with Gasteiger partial charge in [0.15, 0.2) is 0 Å². The number of aliphatic hydroxyl groups excluding tert-OH is 1. The zero-order valence-electron chi connectivity index (χ0n) is 11.9. The summed E-state index contributed by atoms with van der Waals surface area (Å²) in [7, 11) is 0. The molecule has 1 rings (SSSR count). The molecule has 0 amide bonds. The minimum absolute atomic E-state index is 0.0317. The van der Waals surface area contributed by atoms with Crippen molar-refractivity contribution in [3.05, 3.63) is 35.9 Å². The Balaban J connectivity index is 2.74. The maximum absolute atomic E-state index is 12.7. The fourth-order valence-electron chi connectivity index (χ4n) is 2.02. The van der Waals surface area contributed by atoms with Crippen LogP contribution in [0.3, 0.4) is 0 Å². The van der Waals surface area contributed by atoms with Gasteiger partial charge in [0.25, 0.3) is 0 Å². The molecule has 0 bridgehead atoms. The van der Waals surface area contributed by atoms with Gasteiger partial charge in [0, 0.05) is 19.2 Å². The molecule has 0 radical (unpaired) electrons.